The van der Waals surface area contributed by atoms with Gasteiger partial charge < -0.3 is 9.80 Å². The molecule has 6 rings (SSSR count). The highest BCUT2D eigenvalue weighted by atomic mass is 19.1. The Hall–Kier alpha value is -1.95. The summed E-state index contributed by atoms with van der Waals surface area (Å²) in [5.41, 5.74) is 1.12. The van der Waals surface area contributed by atoms with E-state index in [0.29, 0.717) is 31.5 Å². The Labute approximate surface area is 159 Å². The summed E-state index contributed by atoms with van der Waals surface area (Å²) < 4.78 is 13.4. The first kappa shape index (κ1) is 17.2. The molecule has 3 atom stereocenters. The molecule has 5 heterocycles. The van der Waals surface area contributed by atoms with Crippen LogP contribution in [0.2, 0.25) is 0 Å². The molecule has 0 aliphatic carbocycles. The number of rotatable bonds is 3. The highest BCUT2D eigenvalue weighted by Gasteiger charge is 2.54. The third-order valence-electron chi connectivity index (χ3n) is 7.11. The lowest BCUT2D eigenvalue weighted by atomic mass is 9.75. The maximum Gasteiger partial charge on any atom is 0.242 e. The fourth-order valence-corrected chi connectivity index (χ4v) is 5.83. The SMILES string of the molecule is O=C1CCCN1CC(=O)N1C[C@H](c2ccc(F)cc2)[C@H]2[C@@H]1C1CCN2CC1. The van der Waals surface area contributed by atoms with Crippen LogP contribution in [0.4, 0.5) is 4.39 Å². The maximum atomic E-state index is 13.4. The van der Waals surface area contributed by atoms with Gasteiger partial charge in [0.1, 0.15) is 5.82 Å². The second-order valence-corrected chi connectivity index (χ2v) is 8.48. The van der Waals surface area contributed by atoms with Crippen LogP contribution >= 0.6 is 0 Å². The van der Waals surface area contributed by atoms with Crippen LogP contribution in [0.3, 0.4) is 0 Å². The number of hydrogen-bond acceptors (Lipinski definition) is 3. The second-order valence-electron chi connectivity index (χ2n) is 8.48. The van der Waals surface area contributed by atoms with Gasteiger partial charge in [0.25, 0.3) is 0 Å². The molecular weight excluding hydrogens is 345 g/mol. The van der Waals surface area contributed by atoms with Gasteiger partial charge in [0.05, 0.1) is 12.6 Å². The van der Waals surface area contributed by atoms with Crippen molar-refractivity contribution in [1.82, 2.24) is 14.7 Å². The molecule has 5 fully saturated rings. The molecule has 0 unspecified atom stereocenters. The number of amides is 2. The van der Waals surface area contributed by atoms with E-state index in [1.165, 1.54) is 12.1 Å². The summed E-state index contributed by atoms with van der Waals surface area (Å²) in [6, 6.07) is 7.34. The molecule has 5 aliphatic heterocycles. The monoisotopic (exact) mass is 371 g/mol. The van der Waals surface area contributed by atoms with Crippen LogP contribution in [-0.2, 0) is 9.59 Å². The van der Waals surface area contributed by atoms with Crippen molar-refractivity contribution in [3.63, 3.8) is 0 Å². The Kier molecular flexibility index (Phi) is 4.19. The minimum absolute atomic E-state index is 0.0820. The molecule has 6 heteroatoms. The third-order valence-corrected chi connectivity index (χ3v) is 7.11. The number of carbonyl (C=O) groups is 2. The van der Waals surface area contributed by atoms with E-state index in [1.54, 1.807) is 4.90 Å². The number of likely N-dealkylation sites (tertiary alicyclic amines) is 2. The fraction of sp³-hybridized carbons (Fsp3) is 0.619. The van der Waals surface area contributed by atoms with Crippen LogP contribution < -0.4 is 0 Å². The van der Waals surface area contributed by atoms with Gasteiger partial charge in [-0.05, 0) is 56.0 Å². The van der Waals surface area contributed by atoms with E-state index in [4.69, 9.17) is 0 Å². The predicted octanol–water partition coefficient (Wildman–Crippen LogP) is 1.84. The first-order valence-electron chi connectivity index (χ1n) is 10.2. The van der Waals surface area contributed by atoms with E-state index < -0.39 is 0 Å². The number of fused-ring (bicyclic) bond motifs is 2. The van der Waals surface area contributed by atoms with Gasteiger partial charge in [-0.15, -0.1) is 0 Å². The summed E-state index contributed by atoms with van der Waals surface area (Å²) in [7, 11) is 0. The highest BCUT2D eigenvalue weighted by molar-refractivity contribution is 5.86. The molecule has 2 bridgehead atoms. The average Bonchev–Trinajstić information content (AvgIpc) is 3.29. The molecule has 5 nitrogen and oxygen atoms in total. The van der Waals surface area contributed by atoms with Gasteiger partial charge >= 0.3 is 0 Å². The third kappa shape index (κ3) is 2.85. The largest absolute Gasteiger partial charge is 0.336 e. The topological polar surface area (TPSA) is 43.9 Å². The van der Waals surface area contributed by atoms with E-state index >= 15 is 0 Å². The van der Waals surface area contributed by atoms with Gasteiger partial charge in [-0.25, -0.2) is 4.39 Å². The number of halogens is 1. The molecule has 1 aromatic rings. The number of piperidine rings is 3. The van der Waals surface area contributed by atoms with Gasteiger partial charge in [0.15, 0.2) is 0 Å². The van der Waals surface area contributed by atoms with Crippen molar-refractivity contribution in [1.29, 1.82) is 0 Å². The zero-order valence-corrected chi connectivity index (χ0v) is 15.5. The zero-order chi connectivity index (χ0) is 18.5. The lowest BCUT2D eigenvalue weighted by Crippen LogP contribution is -2.61. The van der Waals surface area contributed by atoms with Crippen molar-refractivity contribution in [2.45, 2.75) is 43.7 Å². The van der Waals surface area contributed by atoms with Crippen molar-refractivity contribution in [2.75, 3.05) is 32.7 Å². The van der Waals surface area contributed by atoms with Crippen LogP contribution in [0, 0.1) is 11.7 Å². The Morgan fingerprint density at radius 1 is 1.07 bits per heavy atom. The standard InChI is InChI=1S/C21H26FN3O2/c22-16-5-3-14(4-6-16)17-12-25(19(27)13-24-9-1-2-18(24)26)20-15-7-10-23(11-8-15)21(17)20/h3-6,15,17,20-21H,1-2,7-13H2/t17-,20+,21+/m1/s1. The Morgan fingerprint density at radius 2 is 1.81 bits per heavy atom. The molecule has 0 aromatic heterocycles. The summed E-state index contributed by atoms with van der Waals surface area (Å²) in [5.74, 6) is 0.724. The second kappa shape index (κ2) is 6.59. The van der Waals surface area contributed by atoms with Crippen LogP contribution in [0.5, 0.6) is 0 Å². The zero-order valence-electron chi connectivity index (χ0n) is 15.5. The van der Waals surface area contributed by atoms with Crippen LogP contribution in [-0.4, -0.2) is 71.3 Å². The maximum absolute atomic E-state index is 13.4. The van der Waals surface area contributed by atoms with E-state index in [1.807, 2.05) is 12.1 Å². The molecule has 0 saturated carbocycles. The molecule has 27 heavy (non-hydrogen) atoms. The van der Waals surface area contributed by atoms with Gasteiger partial charge in [0.2, 0.25) is 11.8 Å². The van der Waals surface area contributed by atoms with Gasteiger partial charge in [-0.3, -0.25) is 14.5 Å². The first-order chi connectivity index (χ1) is 13.1. The first-order valence-corrected chi connectivity index (χ1v) is 10.2. The minimum Gasteiger partial charge on any atom is -0.336 e. The summed E-state index contributed by atoms with van der Waals surface area (Å²) in [4.78, 5) is 31.4. The Morgan fingerprint density at radius 3 is 2.48 bits per heavy atom. The molecule has 0 N–H and O–H groups in total. The summed E-state index contributed by atoms with van der Waals surface area (Å²) >= 11 is 0. The van der Waals surface area contributed by atoms with Gasteiger partial charge in [0, 0.05) is 31.5 Å². The molecule has 0 spiro atoms. The number of nitrogens with zero attached hydrogens (tertiary/aromatic N) is 3. The lowest BCUT2D eigenvalue weighted by molar-refractivity contribution is -0.141. The van der Waals surface area contributed by atoms with E-state index in [-0.39, 0.29) is 36.1 Å². The van der Waals surface area contributed by atoms with E-state index in [0.717, 1.165) is 37.9 Å². The lowest BCUT2D eigenvalue weighted by Gasteiger charge is -2.51. The van der Waals surface area contributed by atoms with Crippen molar-refractivity contribution in [2.24, 2.45) is 5.92 Å². The van der Waals surface area contributed by atoms with Crippen LogP contribution in [0.1, 0.15) is 37.2 Å². The highest BCUT2D eigenvalue weighted by Crippen LogP contribution is 2.46. The van der Waals surface area contributed by atoms with Crippen LogP contribution in [0.25, 0.3) is 0 Å². The Bertz CT molecular complexity index is 744. The van der Waals surface area contributed by atoms with E-state index in [9.17, 15) is 14.0 Å². The molecule has 1 aromatic carbocycles. The van der Waals surface area contributed by atoms with Crippen molar-refractivity contribution >= 4 is 11.8 Å². The summed E-state index contributed by atoms with van der Waals surface area (Å²) in [6.45, 7) is 3.77. The fourth-order valence-electron chi connectivity index (χ4n) is 5.83. The van der Waals surface area contributed by atoms with Crippen molar-refractivity contribution in [3.05, 3.63) is 35.6 Å². The molecular formula is C21H26FN3O2. The van der Waals surface area contributed by atoms with Gasteiger partial charge in [-0.1, -0.05) is 12.1 Å². The molecule has 5 aliphatic rings. The summed E-state index contributed by atoms with van der Waals surface area (Å²) in [5, 5.41) is 0. The molecule has 2 amide bonds. The minimum atomic E-state index is -0.223. The predicted molar refractivity (Wildman–Crippen MR) is 98.5 cm³/mol. The van der Waals surface area contributed by atoms with E-state index in [2.05, 4.69) is 9.80 Å². The Balaban J connectivity index is 1.42. The van der Waals surface area contributed by atoms with Crippen LogP contribution in [0.15, 0.2) is 24.3 Å². The summed E-state index contributed by atoms with van der Waals surface area (Å²) in [6.07, 6.45) is 3.70. The quantitative estimate of drug-likeness (QED) is 0.814. The number of benzene rings is 1. The number of carbonyl (C=O) groups excluding carboxylic acids is 2. The molecule has 5 saturated heterocycles. The van der Waals surface area contributed by atoms with Crippen molar-refractivity contribution in [3.8, 4) is 0 Å². The average molecular weight is 371 g/mol. The smallest absolute Gasteiger partial charge is 0.242 e. The molecule has 144 valence electrons. The number of hydrogen-bond donors (Lipinski definition) is 0. The van der Waals surface area contributed by atoms with Gasteiger partial charge in [-0.2, -0.15) is 0 Å². The normalized spacial score (nSPS) is 35.0. The molecule has 0 radical (unpaired) electrons. The van der Waals surface area contributed by atoms with Crippen molar-refractivity contribution < 1.29 is 14.0 Å².